The number of anilines is 2. The second-order valence-corrected chi connectivity index (χ2v) is 8.42. The van der Waals surface area contributed by atoms with Crippen LogP contribution in [0.2, 0.25) is 0 Å². The minimum absolute atomic E-state index is 0.00271. The molecule has 0 radical (unpaired) electrons. The molecule has 3 rings (SSSR count). The fourth-order valence-electron chi connectivity index (χ4n) is 3.57. The molecule has 0 aliphatic rings. The highest BCUT2D eigenvalue weighted by molar-refractivity contribution is 6.15. The first-order valence-electron chi connectivity index (χ1n) is 11.7. The van der Waals surface area contributed by atoms with Crippen LogP contribution >= 0.6 is 0 Å². The third-order valence-electron chi connectivity index (χ3n) is 5.46. The molecule has 0 fully saturated rings. The summed E-state index contributed by atoms with van der Waals surface area (Å²) in [7, 11) is 0. The van der Waals surface area contributed by atoms with E-state index in [4.69, 9.17) is 20.9 Å². The molecule has 3 aromatic rings. The quantitative estimate of drug-likeness (QED) is 0.133. The number of para-hydroxylation sites is 1. The van der Waals surface area contributed by atoms with Gasteiger partial charge in [-0.25, -0.2) is 9.59 Å². The summed E-state index contributed by atoms with van der Waals surface area (Å²) in [4.78, 5) is 36.6. The maximum Gasteiger partial charge on any atom is 0.389 e. The van der Waals surface area contributed by atoms with E-state index in [9.17, 15) is 32.7 Å². The Labute approximate surface area is 221 Å². The summed E-state index contributed by atoms with van der Waals surface area (Å²) in [5.74, 6) is -3.58. The first-order valence-corrected chi connectivity index (χ1v) is 11.7. The number of esters is 2. The summed E-state index contributed by atoms with van der Waals surface area (Å²) in [6.07, 6.45) is -4.51. The number of ether oxygens (including phenoxy) is 2. The SMILES string of the molecule is Nc1ccc(N)c(CCC=C(C(=O)O)c2cccc(OC(=O)c3ccccc3OC(=O)CCC(F)(F)F)c2)c1. The van der Waals surface area contributed by atoms with Gasteiger partial charge in [-0.15, -0.1) is 0 Å². The fraction of sp³-hybridized carbons (Fsp3) is 0.179. The summed E-state index contributed by atoms with van der Waals surface area (Å²) in [5.41, 5.74) is 13.6. The van der Waals surface area contributed by atoms with Gasteiger partial charge in [-0.05, 0) is 66.4 Å². The normalized spacial score (nSPS) is 11.6. The zero-order chi connectivity index (χ0) is 28.6. The van der Waals surface area contributed by atoms with Crippen LogP contribution in [0.3, 0.4) is 0 Å². The van der Waals surface area contributed by atoms with Crippen molar-refractivity contribution in [2.24, 2.45) is 0 Å². The maximum absolute atomic E-state index is 12.8. The van der Waals surface area contributed by atoms with Gasteiger partial charge in [0.05, 0.1) is 18.4 Å². The number of carbonyl (C=O) groups excluding carboxylic acids is 2. The minimum atomic E-state index is -4.53. The second-order valence-electron chi connectivity index (χ2n) is 8.42. The van der Waals surface area contributed by atoms with Crippen LogP contribution in [0.1, 0.15) is 40.7 Å². The number of nitrogen functional groups attached to an aromatic ring is 2. The first kappa shape index (κ1) is 28.8. The van der Waals surface area contributed by atoms with Crippen LogP contribution in [-0.2, 0) is 16.0 Å². The number of carboxylic acid groups (broad SMARTS) is 1. The Hall–Kier alpha value is -4.80. The number of aliphatic carboxylic acids is 1. The molecule has 0 atom stereocenters. The van der Waals surface area contributed by atoms with Crippen molar-refractivity contribution in [3.63, 3.8) is 0 Å². The van der Waals surface area contributed by atoms with Gasteiger partial charge in [0.1, 0.15) is 17.1 Å². The zero-order valence-electron chi connectivity index (χ0n) is 20.5. The van der Waals surface area contributed by atoms with Gasteiger partial charge >= 0.3 is 24.1 Å². The topological polar surface area (TPSA) is 142 Å². The Kier molecular flexibility index (Phi) is 9.32. The lowest BCUT2D eigenvalue weighted by molar-refractivity contribution is -0.151. The van der Waals surface area contributed by atoms with E-state index in [0.29, 0.717) is 24.2 Å². The molecule has 0 heterocycles. The third kappa shape index (κ3) is 8.63. The predicted molar refractivity (Wildman–Crippen MR) is 138 cm³/mol. The molecular weight excluding hydrogens is 517 g/mol. The largest absolute Gasteiger partial charge is 0.478 e. The third-order valence-corrected chi connectivity index (χ3v) is 5.46. The van der Waals surface area contributed by atoms with E-state index in [1.807, 2.05) is 0 Å². The number of hydrogen-bond donors (Lipinski definition) is 3. The van der Waals surface area contributed by atoms with Crippen LogP contribution in [0.15, 0.2) is 72.8 Å². The lowest BCUT2D eigenvalue weighted by atomic mass is 10.0. The summed E-state index contributed by atoms with van der Waals surface area (Å²) >= 11 is 0. The lowest BCUT2D eigenvalue weighted by Crippen LogP contribution is -2.17. The summed E-state index contributed by atoms with van der Waals surface area (Å²) in [6.45, 7) is 0. The molecule has 0 saturated carbocycles. The first-order chi connectivity index (χ1) is 18.4. The Balaban J connectivity index is 1.74. The van der Waals surface area contributed by atoms with Crippen LogP contribution in [-0.4, -0.2) is 29.2 Å². The van der Waals surface area contributed by atoms with Gasteiger partial charge in [-0.2, -0.15) is 13.2 Å². The maximum atomic E-state index is 12.8. The average Bonchev–Trinajstić information content (AvgIpc) is 2.87. The molecule has 5 N–H and O–H groups in total. The van der Waals surface area contributed by atoms with Gasteiger partial charge in [0, 0.05) is 11.4 Å². The number of aryl methyl sites for hydroxylation is 1. The van der Waals surface area contributed by atoms with E-state index < -0.39 is 36.9 Å². The summed E-state index contributed by atoms with van der Waals surface area (Å²) in [5, 5.41) is 9.75. The summed E-state index contributed by atoms with van der Waals surface area (Å²) < 4.78 is 47.5. The zero-order valence-corrected chi connectivity index (χ0v) is 20.5. The fourth-order valence-corrected chi connectivity index (χ4v) is 3.57. The molecular formula is C28H25F3N2O6. The number of halogens is 3. The van der Waals surface area contributed by atoms with E-state index >= 15 is 0 Å². The van der Waals surface area contributed by atoms with Gasteiger partial charge in [0.15, 0.2) is 0 Å². The molecule has 0 saturated heterocycles. The number of carbonyl (C=O) groups is 3. The molecule has 0 spiro atoms. The number of alkyl halides is 3. The smallest absolute Gasteiger partial charge is 0.389 e. The highest BCUT2D eigenvalue weighted by Gasteiger charge is 2.29. The number of rotatable bonds is 10. The van der Waals surface area contributed by atoms with Crippen molar-refractivity contribution in [3.05, 3.63) is 89.5 Å². The van der Waals surface area contributed by atoms with E-state index in [2.05, 4.69) is 0 Å². The van der Waals surface area contributed by atoms with Crippen molar-refractivity contribution < 1.29 is 42.1 Å². The molecule has 8 nitrogen and oxygen atoms in total. The Bertz CT molecular complexity index is 1400. The molecule has 11 heteroatoms. The number of hydrogen-bond acceptors (Lipinski definition) is 7. The highest BCUT2D eigenvalue weighted by atomic mass is 19.4. The van der Waals surface area contributed by atoms with Crippen molar-refractivity contribution in [1.29, 1.82) is 0 Å². The van der Waals surface area contributed by atoms with Gasteiger partial charge in [-0.3, -0.25) is 4.79 Å². The number of carboxylic acids is 1. The molecule has 0 unspecified atom stereocenters. The molecule has 0 aromatic heterocycles. The van der Waals surface area contributed by atoms with Crippen molar-refractivity contribution in [1.82, 2.24) is 0 Å². The van der Waals surface area contributed by atoms with Crippen LogP contribution in [0.25, 0.3) is 5.57 Å². The van der Waals surface area contributed by atoms with Crippen LogP contribution < -0.4 is 20.9 Å². The van der Waals surface area contributed by atoms with Crippen LogP contribution in [0.5, 0.6) is 11.5 Å². The van der Waals surface area contributed by atoms with Crippen molar-refractivity contribution in [2.45, 2.75) is 31.9 Å². The Morgan fingerprint density at radius 3 is 2.38 bits per heavy atom. The molecule has 0 aliphatic heterocycles. The molecule has 0 amide bonds. The molecule has 204 valence electrons. The van der Waals surface area contributed by atoms with Crippen molar-refractivity contribution in [2.75, 3.05) is 11.5 Å². The Morgan fingerprint density at radius 1 is 0.923 bits per heavy atom. The average molecular weight is 543 g/mol. The van der Waals surface area contributed by atoms with Crippen LogP contribution in [0, 0.1) is 0 Å². The number of benzene rings is 3. The molecule has 3 aromatic carbocycles. The molecule has 0 bridgehead atoms. The molecule has 0 aliphatic carbocycles. The Morgan fingerprint density at radius 2 is 1.67 bits per heavy atom. The monoisotopic (exact) mass is 542 g/mol. The predicted octanol–water partition coefficient (Wildman–Crippen LogP) is 5.42. The highest BCUT2D eigenvalue weighted by Crippen LogP contribution is 2.26. The van der Waals surface area contributed by atoms with Gasteiger partial charge in [0.25, 0.3) is 0 Å². The van der Waals surface area contributed by atoms with Crippen molar-refractivity contribution >= 4 is 34.9 Å². The van der Waals surface area contributed by atoms with Gasteiger partial charge in [0.2, 0.25) is 0 Å². The number of allylic oxidation sites excluding steroid dienone is 1. The van der Waals surface area contributed by atoms with Crippen LogP contribution in [0.4, 0.5) is 24.5 Å². The van der Waals surface area contributed by atoms with Gasteiger partial charge < -0.3 is 26.0 Å². The van der Waals surface area contributed by atoms with Crippen molar-refractivity contribution in [3.8, 4) is 11.5 Å². The minimum Gasteiger partial charge on any atom is -0.478 e. The summed E-state index contributed by atoms with van der Waals surface area (Å²) in [6, 6.07) is 16.3. The molecule has 39 heavy (non-hydrogen) atoms. The number of nitrogens with two attached hydrogens (primary N) is 2. The second kappa shape index (κ2) is 12.6. The van der Waals surface area contributed by atoms with E-state index in [-0.39, 0.29) is 28.2 Å². The van der Waals surface area contributed by atoms with E-state index in [1.165, 1.54) is 54.6 Å². The van der Waals surface area contributed by atoms with Gasteiger partial charge in [-0.1, -0.05) is 30.3 Å². The lowest BCUT2D eigenvalue weighted by Gasteiger charge is -2.11. The van der Waals surface area contributed by atoms with E-state index in [1.54, 1.807) is 18.2 Å². The van der Waals surface area contributed by atoms with E-state index in [0.717, 1.165) is 5.56 Å². The standard InChI is InChI=1S/C28H25F3N2O6/c29-28(30,31)14-13-25(34)39-24-10-2-1-8-22(24)27(37)38-20-7-3-5-17(16-20)21(26(35)36)9-4-6-18-15-19(32)11-12-23(18)33/h1-3,5,7-12,15-16H,4,6,13-14,32-33H2,(H,35,36).